The Morgan fingerprint density at radius 3 is 2.54 bits per heavy atom. The smallest absolute Gasteiger partial charge is 0.227 e. The fourth-order valence-corrected chi connectivity index (χ4v) is 6.41. The summed E-state index contributed by atoms with van der Waals surface area (Å²) in [5, 5.41) is 4.31. The molecular formula is C34H48N4O3. The van der Waals surface area contributed by atoms with E-state index in [0.717, 1.165) is 69.6 Å². The van der Waals surface area contributed by atoms with Gasteiger partial charge in [-0.3, -0.25) is 9.59 Å². The lowest BCUT2D eigenvalue weighted by Gasteiger charge is -2.34. The van der Waals surface area contributed by atoms with Gasteiger partial charge in [-0.2, -0.15) is 0 Å². The molecule has 2 atom stereocenters. The van der Waals surface area contributed by atoms with Crippen molar-refractivity contribution in [3.63, 3.8) is 0 Å². The van der Waals surface area contributed by atoms with Crippen molar-refractivity contribution in [1.82, 2.24) is 9.47 Å². The number of carbonyl (C=O) groups is 2. The van der Waals surface area contributed by atoms with Gasteiger partial charge in [0.05, 0.1) is 0 Å². The largest absolute Gasteiger partial charge is 0.385 e. The maximum atomic E-state index is 13.4. The summed E-state index contributed by atoms with van der Waals surface area (Å²) < 4.78 is 7.80. The third-order valence-corrected chi connectivity index (χ3v) is 8.68. The number of rotatable bonds is 13. The van der Waals surface area contributed by atoms with Crippen LogP contribution in [-0.4, -0.2) is 54.1 Å². The lowest BCUT2D eigenvalue weighted by molar-refractivity contribution is -0.132. The second-order valence-electron chi connectivity index (χ2n) is 11.6. The number of hydrogen-bond donors (Lipinski definition) is 2. The second kappa shape index (κ2) is 14.6. The predicted molar refractivity (Wildman–Crippen MR) is 167 cm³/mol. The zero-order valence-electron chi connectivity index (χ0n) is 25.3. The zero-order chi connectivity index (χ0) is 29.4. The maximum Gasteiger partial charge on any atom is 0.227 e. The zero-order valence-corrected chi connectivity index (χ0v) is 25.3. The van der Waals surface area contributed by atoms with E-state index in [9.17, 15) is 9.59 Å². The Bertz CT molecular complexity index is 1300. The predicted octanol–water partition coefficient (Wildman–Crippen LogP) is 6.03. The van der Waals surface area contributed by atoms with E-state index in [0.29, 0.717) is 18.8 Å². The first-order valence-corrected chi connectivity index (χ1v) is 15.4. The highest BCUT2D eigenvalue weighted by molar-refractivity contribution is 5.92. The number of aromatic nitrogens is 1. The van der Waals surface area contributed by atoms with Gasteiger partial charge in [-0.15, -0.1) is 0 Å². The number of methoxy groups -OCH3 is 1. The molecule has 7 heteroatoms. The van der Waals surface area contributed by atoms with Crippen LogP contribution >= 0.6 is 0 Å². The first-order chi connectivity index (χ1) is 19.9. The standard InChI is InChI=1S/C34H48N4O3/c1-5-26(6-2)34(40)36-29-16-14-25(15-17-29)21-28(35)22-32(39)37-18-9-11-27(23-37)33-24(3)30-12-7-8-13-31(30)38(33)19-10-20-41-4/h7-8,12-17,26-28H,5-6,9-11,18-23,35H2,1-4H3,(H,36,40). The number of nitrogens with zero attached hydrogens (tertiary/aromatic N) is 2. The van der Waals surface area contributed by atoms with Crippen molar-refractivity contribution in [1.29, 1.82) is 0 Å². The number of aryl methyl sites for hydroxylation is 2. The first kappa shape index (κ1) is 30.8. The molecule has 1 saturated heterocycles. The normalized spacial score (nSPS) is 16.3. The molecule has 2 aromatic carbocycles. The Labute approximate surface area is 245 Å². The number of carbonyl (C=O) groups excluding carboxylic acids is 2. The van der Waals surface area contributed by atoms with Crippen LogP contribution in [0.1, 0.15) is 75.1 Å². The van der Waals surface area contributed by atoms with Crippen molar-refractivity contribution in [2.24, 2.45) is 11.7 Å². The molecule has 2 unspecified atom stereocenters. The topological polar surface area (TPSA) is 89.6 Å². The number of benzene rings is 2. The summed E-state index contributed by atoms with van der Waals surface area (Å²) in [4.78, 5) is 27.8. The van der Waals surface area contributed by atoms with Crippen LogP contribution in [0.5, 0.6) is 0 Å². The van der Waals surface area contributed by atoms with Crippen LogP contribution in [0.25, 0.3) is 10.9 Å². The van der Waals surface area contributed by atoms with E-state index in [4.69, 9.17) is 10.5 Å². The number of nitrogens with one attached hydrogen (secondary N) is 1. The number of amides is 2. The number of nitrogens with two attached hydrogens (primary N) is 1. The number of hydrogen-bond acceptors (Lipinski definition) is 4. The Hall–Kier alpha value is -3.16. The van der Waals surface area contributed by atoms with Gasteiger partial charge in [0.25, 0.3) is 0 Å². The lowest BCUT2D eigenvalue weighted by Crippen LogP contribution is -2.42. The third-order valence-electron chi connectivity index (χ3n) is 8.68. The quantitative estimate of drug-likeness (QED) is 0.250. The summed E-state index contributed by atoms with van der Waals surface area (Å²) in [7, 11) is 1.75. The summed E-state index contributed by atoms with van der Waals surface area (Å²) in [5.74, 6) is 0.541. The van der Waals surface area contributed by atoms with Gasteiger partial charge in [0, 0.05) is 79.9 Å². The van der Waals surface area contributed by atoms with Crippen LogP contribution in [0.4, 0.5) is 5.69 Å². The third kappa shape index (κ3) is 7.57. The van der Waals surface area contributed by atoms with Crippen LogP contribution in [0.15, 0.2) is 48.5 Å². The minimum absolute atomic E-state index is 0.0337. The molecule has 2 heterocycles. The Balaban J connectivity index is 1.37. The highest BCUT2D eigenvalue weighted by Gasteiger charge is 2.29. The summed E-state index contributed by atoms with van der Waals surface area (Å²) in [6, 6.07) is 16.2. The van der Waals surface area contributed by atoms with Crippen LogP contribution in [0, 0.1) is 12.8 Å². The summed E-state index contributed by atoms with van der Waals surface area (Å²) in [6.45, 7) is 9.46. The monoisotopic (exact) mass is 560 g/mol. The summed E-state index contributed by atoms with van der Waals surface area (Å²) in [6.07, 6.45) is 5.65. The number of fused-ring (bicyclic) bond motifs is 1. The second-order valence-corrected chi connectivity index (χ2v) is 11.6. The highest BCUT2D eigenvalue weighted by Crippen LogP contribution is 2.36. The van der Waals surface area contributed by atoms with E-state index in [2.05, 4.69) is 41.1 Å². The van der Waals surface area contributed by atoms with Gasteiger partial charge < -0.3 is 25.3 Å². The molecule has 0 radical (unpaired) electrons. The molecule has 0 spiro atoms. The SMILES string of the molecule is CCC(CC)C(=O)Nc1ccc(CC(N)CC(=O)N2CCCC(c3c(C)c4ccccc4n3CCCOC)C2)cc1. The number of ether oxygens (including phenoxy) is 1. The van der Waals surface area contributed by atoms with Crippen LogP contribution in [0.3, 0.4) is 0 Å². The molecule has 0 saturated carbocycles. The van der Waals surface area contributed by atoms with Gasteiger partial charge in [0.2, 0.25) is 11.8 Å². The molecule has 1 aliphatic rings. The molecule has 2 amide bonds. The van der Waals surface area contributed by atoms with Gasteiger partial charge in [-0.25, -0.2) is 0 Å². The van der Waals surface area contributed by atoms with Crippen LogP contribution in [0.2, 0.25) is 0 Å². The summed E-state index contributed by atoms with van der Waals surface area (Å²) in [5.41, 5.74) is 12.3. The number of anilines is 1. The molecule has 1 fully saturated rings. The molecular weight excluding hydrogens is 512 g/mol. The maximum absolute atomic E-state index is 13.4. The van der Waals surface area contributed by atoms with Crippen molar-refractivity contribution in [2.75, 3.05) is 32.1 Å². The van der Waals surface area contributed by atoms with E-state index in [1.807, 2.05) is 43.0 Å². The molecule has 7 nitrogen and oxygen atoms in total. The van der Waals surface area contributed by atoms with E-state index in [1.54, 1.807) is 7.11 Å². The Kier molecular flexibility index (Phi) is 11.0. The average Bonchev–Trinajstić information content (AvgIpc) is 3.26. The van der Waals surface area contributed by atoms with Crippen molar-refractivity contribution >= 4 is 28.4 Å². The molecule has 41 heavy (non-hydrogen) atoms. The average molecular weight is 561 g/mol. The summed E-state index contributed by atoms with van der Waals surface area (Å²) >= 11 is 0. The van der Waals surface area contributed by atoms with E-state index in [-0.39, 0.29) is 23.8 Å². The van der Waals surface area contributed by atoms with E-state index in [1.165, 1.54) is 22.2 Å². The van der Waals surface area contributed by atoms with Gasteiger partial charge in [0.1, 0.15) is 0 Å². The van der Waals surface area contributed by atoms with E-state index < -0.39 is 0 Å². The minimum Gasteiger partial charge on any atom is -0.385 e. The molecule has 1 aliphatic heterocycles. The Morgan fingerprint density at radius 1 is 1.10 bits per heavy atom. The van der Waals surface area contributed by atoms with Crippen molar-refractivity contribution < 1.29 is 14.3 Å². The van der Waals surface area contributed by atoms with Crippen molar-refractivity contribution in [3.8, 4) is 0 Å². The number of piperidine rings is 1. The highest BCUT2D eigenvalue weighted by atomic mass is 16.5. The molecule has 3 N–H and O–H groups in total. The van der Waals surface area contributed by atoms with Gasteiger partial charge in [-0.1, -0.05) is 44.2 Å². The van der Waals surface area contributed by atoms with Crippen LogP contribution in [-0.2, 0) is 27.3 Å². The van der Waals surface area contributed by atoms with Crippen molar-refractivity contribution in [3.05, 3.63) is 65.4 Å². The molecule has 4 rings (SSSR count). The van der Waals surface area contributed by atoms with Gasteiger partial charge in [0.15, 0.2) is 0 Å². The Morgan fingerprint density at radius 2 is 1.83 bits per heavy atom. The van der Waals surface area contributed by atoms with Gasteiger partial charge in [-0.05, 0) is 74.8 Å². The van der Waals surface area contributed by atoms with Gasteiger partial charge >= 0.3 is 0 Å². The van der Waals surface area contributed by atoms with E-state index >= 15 is 0 Å². The lowest BCUT2D eigenvalue weighted by atomic mass is 9.91. The van der Waals surface area contributed by atoms with Crippen molar-refractivity contribution in [2.45, 2.75) is 84.2 Å². The fourth-order valence-electron chi connectivity index (χ4n) is 6.41. The molecule has 1 aromatic heterocycles. The molecule has 0 aliphatic carbocycles. The van der Waals surface area contributed by atoms with Crippen LogP contribution < -0.4 is 11.1 Å². The molecule has 222 valence electrons. The first-order valence-electron chi connectivity index (χ1n) is 15.4. The minimum atomic E-state index is -0.255. The molecule has 0 bridgehead atoms. The fraction of sp³-hybridized carbons (Fsp3) is 0.529. The number of para-hydroxylation sites is 1. The molecule has 3 aromatic rings. The number of likely N-dealkylation sites (tertiary alicyclic amines) is 1.